The molecule has 2 rings (SSSR count). The number of hydrogen-bond donors (Lipinski definition) is 2. The SMILES string of the molecule is COC(CN)CC(=O)Nc1ccccc1-c1ccccc1. The first-order valence-electron chi connectivity index (χ1n) is 6.91. The molecule has 0 aliphatic heterocycles. The van der Waals surface area contributed by atoms with Crippen molar-refractivity contribution in [2.75, 3.05) is 19.0 Å². The Labute approximate surface area is 124 Å². The molecule has 110 valence electrons. The van der Waals surface area contributed by atoms with Gasteiger partial charge in [0.15, 0.2) is 0 Å². The fraction of sp³-hybridized carbons (Fsp3) is 0.235. The van der Waals surface area contributed by atoms with Gasteiger partial charge in [-0.15, -0.1) is 0 Å². The second kappa shape index (κ2) is 7.57. The number of benzene rings is 2. The number of methoxy groups -OCH3 is 1. The summed E-state index contributed by atoms with van der Waals surface area (Å²) in [4.78, 5) is 12.1. The summed E-state index contributed by atoms with van der Waals surface area (Å²) in [6.07, 6.45) is -0.00950. The molecule has 0 aliphatic carbocycles. The van der Waals surface area contributed by atoms with Crippen molar-refractivity contribution in [1.29, 1.82) is 0 Å². The van der Waals surface area contributed by atoms with Crippen molar-refractivity contribution in [3.05, 3.63) is 54.6 Å². The maximum atomic E-state index is 12.1. The van der Waals surface area contributed by atoms with E-state index in [4.69, 9.17) is 10.5 Å². The van der Waals surface area contributed by atoms with Gasteiger partial charge in [0.2, 0.25) is 5.91 Å². The summed E-state index contributed by atoms with van der Waals surface area (Å²) in [7, 11) is 1.56. The van der Waals surface area contributed by atoms with Crippen molar-refractivity contribution in [3.8, 4) is 11.1 Å². The second-order valence-corrected chi connectivity index (χ2v) is 4.76. The molecule has 0 spiro atoms. The molecule has 0 aromatic heterocycles. The van der Waals surface area contributed by atoms with Crippen LogP contribution >= 0.6 is 0 Å². The molecule has 4 nitrogen and oxygen atoms in total. The Morgan fingerprint density at radius 1 is 1.14 bits per heavy atom. The van der Waals surface area contributed by atoms with E-state index in [-0.39, 0.29) is 18.4 Å². The van der Waals surface area contributed by atoms with E-state index in [9.17, 15) is 4.79 Å². The largest absolute Gasteiger partial charge is 0.380 e. The highest BCUT2D eigenvalue weighted by molar-refractivity contribution is 5.95. The molecule has 0 saturated carbocycles. The predicted molar refractivity (Wildman–Crippen MR) is 85.0 cm³/mol. The number of nitrogens with two attached hydrogens (primary N) is 1. The summed E-state index contributed by atoms with van der Waals surface area (Å²) in [6, 6.07) is 17.7. The Morgan fingerprint density at radius 3 is 2.48 bits per heavy atom. The number of para-hydroxylation sites is 1. The Hall–Kier alpha value is -2.17. The van der Waals surface area contributed by atoms with E-state index in [2.05, 4.69) is 5.32 Å². The minimum absolute atomic E-state index is 0.101. The van der Waals surface area contributed by atoms with Crippen molar-refractivity contribution >= 4 is 11.6 Å². The maximum Gasteiger partial charge on any atom is 0.227 e. The van der Waals surface area contributed by atoms with E-state index in [1.165, 1.54) is 0 Å². The van der Waals surface area contributed by atoms with Gasteiger partial charge in [0, 0.05) is 24.9 Å². The van der Waals surface area contributed by atoms with Crippen LogP contribution in [0.1, 0.15) is 6.42 Å². The number of amides is 1. The smallest absolute Gasteiger partial charge is 0.227 e. The summed E-state index contributed by atoms with van der Waals surface area (Å²) in [5.41, 5.74) is 8.39. The molecule has 2 aromatic rings. The third-order valence-corrected chi connectivity index (χ3v) is 3.30. The highest BCUT2D eigenvalue weighted by Gasteiger charge is 2.13. The molecule has 1 amide bonds. The average molecular weight is 284 g/mol. The first kappa shape index (κ1) is 15.2. The van der Waals surface area contributed by atoms with Crippen molar-refractivity contribution in [2.24, 2.45) is 5.73 Å². The molecule has 0 aliphatic rings. The zero-order chi connectivity index (χ0) is 15.1. The minimum Gasteiger partial charge on any atom is -0.380 e. The van der Waals surface area contributed by atoms with Crippen molar-refractivity contribution in [1.82, 2.24) is 0 Å². The zero-order valence-electron chi connectivity index (χ0n) is 12.1. The maximum absolute atomic E-state index is 12.1. The normalized spacial score (nSPS) is 11.9. The fourth-order valence-corrected chi connectivity index (χ4v) is 2.13. The van der Waals surface area contributed by atoms with Crippen LogP contribution in [0.2, 0.25) is 0 Å². The fourth-order valence-electron chi connectivity index (χ4n) is 2.13. The highest BCUT2D eigenvalue weighted by Crippen LogP contribution is 2.27. The van der Waals surface area contributed by atoms with Gasteiger partial charge in [-0.25, -0.2) is 0 Å². The molecule has 0 radical (unpaired) electrons. The molecule has 0 saturated heterocycles. The van der Waals surface area contributed by atoms with Crippen LogP contribution in [0.15, 0.2) is 54.6 Å². The second-order valence-electron chi connectivity index (χ2n) is 4.76. The number of rotatable bonds is 6. The summed E-state index contributed by atoms with van der Waals surface area (Å²) in [5, 5.41) is 2.93. The average Bonchev–Trinajstić information content (AvgIpc) is 2.54. The number of anilines is 1. The van der Waals surface area contributed by atoms with Crippen molar-refractivity contribution in [2.45, 2.75) is 12.5 Å². The van der Waals surface area contributed by atoms with Crippen LogP contribution in [0, 0.1) is 0 Å². The minimum atomic E-state index is -0.256. The molecule has 1 unspecified atom stereocenters. The van der Waals surface area contributed by atoms with Crippen LogP contribution in [0.4, 0.5) is 5.69 Å². The lowest BCUT2D eigenvalue weighted by molar-refractivity contribution is -0.118. The van der Waals surface area contributed by atoms with Gasteiger partial charge < -0.3 is 15.8 Å². The van der Waals surface area contributed by atoms with Crippen LogP contribution in [0.25, 0.3) is 11.1 Å². The summed E-state index contributed by atoms with van der Waals surface area (Å²) >= 11 is 0. The first-order chi connectivity index (χ1) is 10.2. The van der Waals surface area contributed by atoms with Gasteiger partial charge in [-0.2, -0.15) is 0 Å². The van der Waals surface area contributed by atoms with Gasteiger partial charge in [0.1, 0.15) is 0 Å². The quantitative estimate of drug-likeness (QED) is 0.857. The van der Waals surface area contributed by atoms with Crippen molar-refractivity contribution in [3.63, 3.8) is 0 Å². The Kier molecular flexibility index (Phi) is 5.49. The summed E-state index contributed by atoms with van der Waals surface area (Å²) in [6.45, 7) is 0.324. The van der Waals surface area contributed by atoms with Crippen LogP contribution in [-0.4, -0.2) is 25.7 Å². The number of carbonyl (C=O) groups is 1. The van der Waals surface area contributed by atoms with E-state index < -0.39 is 0 Å². The molecule has 4 heteroatoms. The first-order valence-corrected chi connectivity index (χ1v) is 6.91. The Balaban J connectivity index is 2.16. The van der Waals surface area contributed by atoms with Crippen LogP contribution in [-0.2, 0) is 9.53 Å². The topological polar surface area (TPSA) is 64.3 Å². The molecule has 21 heavy (non-hydrogen) atoms. The van der Waals surface area contributed by atoms with Crippen LogP contribution in [0.5, 0.6) is 0 Å². The number of hydrogen-bond acceptors (Lipinski definition) is 3. The van der Waals surface area contributed by atoms with E-state index in [1.54, 1.807) is 7.11 Å². The van der Waals surface area contributed by atoms with E-state index >= 15 is 0 Å². The predicted octanol–water partition coefficient (Wildman–Crippen LogP) is 2.66. The third kappa shape index (κ3) is 4.15. The number of carbonyl (C=O) groups excluding carboxylic acids is 1. The molecular formula is C17H20N2O2. The summed E-state index contributed by atoms with van der Waals surface area (Å²) in [5.74, 6) is -0.101. The standard InChI is InChI=1S/C17H20N2O2/c1-21-14(12-18)11-17(20)19-16-10-6-5-9-15(16)13-7-3-2-4-8-13/h2-10,14H,11-12,18H2,1H3,(H,19,20). The molecule has 3 N–H and O–H groups in total. The molecular weight excluding hydrogens is 264 g/mol. The highest BCUT2D eigenvalue weighted by atomic mass is 16.5. The lowest BCUT2D eigenvalue weighted by Crippen LogP contribution is -2.28. The van der Waals surface area contributed by atoms with Gasteiger partial charge in [-0.1, -0.05) is 48.5 Å². The zero-order valence-corrected chi connectivity index (χ0v) is 12.1. The van der Waals surface area contributed by atoms with E-state index in [0.717, 1.165) is 16.8 Å². The van der Waals surface area contributed by atoms with Gasteiger partial charge in [0.25, 0.3) is 0 Å². The monoisotopic (exact) mass is 284 g/mol. The third-order valence-electron chi connectivity index (χ3n) is 3.30. The lowest BCUT2D eigenvalue weighted by atomic mass is 10.0. The Morgan fingerprint density at radius 2 is 1.81 bits per heavy atom. The van der Waals surface area contributed by atoms with Crippen LogP contribution in [0.3, 0.4) is 0 Å². The van der Waals surface area contributed by atoms with E-state index in [0.29, 0.717) is 6.54 Å². The summed E-state index contributed by atoms with van der Waals surface area (Å²) < 4.78 is 5.14. The van der Waals surface area contributed by atoms with Gasteiger partial charge in [-0.3, -0.25) is 4.79 Å². The van der Waals surface area contributed by atoms with Gasteiger partial charge in [-0.05, 0) is 11.6 Å². The number of ether oxygens (including phenoxy) is 1. The molecule has 2 aromatic carbocycles. The van der Waals surface area contributed by atoms with E-state index in [1.807, 2.05) is 54.6 Å². The van der Waals surface area contributed by atoms with Gasteiger partial charge in [0.05, 0.1) is 12.5 Å². The molecule has 1 atom stereocenters. The van der Waals surface area contributed by atoms with Crippen molar-refractivity contribution < 1.29 is 9.53 Å². The lowest BCUT2D eigenvalue weighted by Gasteiger charge is -2.14. The molecule has 0 bridgehead atoms. The molecule has 0 heterocycles. The van der Waals surface area contributed by atoms with Crippen LogP contribution < -0.4 is 11.1 Å². The Bertz CT molecular complexity index is 580. The number of nitrogens with one attached hydrogen (secondary N) is 1. The van der Waals surface area contributed by atoms with Gasteiger partial charge >= 0.3 is 0 Å². The molecule has 0 fully saturated rings.